The molecule has 3 heteroatoms. The van der Waals surface area contributed by atoms with Crippen LogP contribution in [0.3, 0.4) is 0 Å². The summed E-state index contributed by atoms with van der Waals surface area (Å²) in [5.41, 5.74) is 3.27. The Morgan fingerprint density at radius 1 is 0.786 bits per heavy atom. The number of nitrogens with zero attached hydrogens (tertiary/aromatic N) is 1. The molecule has 0 atom stereocenters. The van der Waals surface area contributed by atoms with Crippen molar-refractivity contribution < 1.29 is 4.79 Å². The van der Waals surface area contributed by atoms with Crippen LogP contribution in [0.1, 0.15) is 29.9 Å². The number of para-hydroxylation sites is 1. The highest BCUT2D eigenvalue weighted by molar-refractivity contribution is 5.87. The van der Waals surface area contributed by atoms with Crippen LogP contribution >= 0.6 is 0 Å². The Bertz CT molecular complexity index is 795. The highest BCUT2D eigenvalue weighted by atomic mass is 16.1. The van der Waals surface area contributed by atoms with Gasteiger partial charge in [-0.3, -0.25) is 4.79 Å². The SMILES string of the molecule is CN(CCCCNC(=O)C(c1ccccc1)c1ccccc1)c1ccccc1. The second kappa shape index (κ2) is 10.3. The van der Waals surface area contributed by atoms with E-state index in [1.54, 1.807) is 0 Å². The molecule has 0 saturated carbocycles. The monoisotopic (exact) mass is 372 g/mol. The molecule has 0 aliphatic carbocycles. The molecule has 0 bridgehead atoms. The fourth-order valence-electron chi connectivity index (χ4n) is 3.39. The molecule has 0 aliphatic rings. The van der Waals surface area contributed by atoms with Crippen LogP contribution in [0.5, 0.6) is 0 Å². The predicted octanol–water partition coefficient (Wildman–Crippen LogP) is 4.85. The van der Waals surface area contributed by atoms with Gasteiger partial charge in [-0.2, -0.15) is 0 Å². The number of hydrogen-bond acceptors (Lipinski definition) is 2. The number of anilines is 1. The van der Waals surface area contributed by atoms with Gasteiger partial charge in [0.15, 0.2) is 0 Å². The molecule has 3 rings (SSSR count). The number of carbonyl (C=O) groups excluding carboxylic acids is 1. The van der Waals surface area contributed by atoms with E-state index in [1.165, 1.54) is 5.69 Å². The number of carbonyl (C=O) groups is 1. The Morgan fingerprint density at radius 2 is 1.29 bits per heavy atom. The maximum atomic E-state index is 12.9. The minimum atomic E-state index is -0.269. The zero-order valence-corrected chi connectivity index (χ0v) is 16.4. The molecule has 3 aromatic rings. The van der Waals surface area contributed by atoms with E-state index >= 15 is 0 Å². The first-order chi connectivity index (χ1) is 13.8. The summed E-state index contributed by atoms with van der Waals surface area (Å²) in [7, 11) is 2.11. The molecule has 28 heavy (non-hydrogen) atoms. The van der Waals surface area contributed by atoms with Gasteiger partial charge in [0.05, 0.1) is 5.92 Å². The fraction of sp³-hybridized carbons (Fsp3) is 0.240. The van der Waals surface area contributed by atoms with E-state index in [4.69, 9.17) is 0 Å². The maximum absolute atomic E-state index is 12.9. The Kier molecular flexibility index (Phi) is 7.25. The Labute approximate surface area is 168 Å². The highest BCUT2D eigenvalue weighted by Gasteiger charge is 2.21. The van der Waals surface area contributed by atoms with Crippen molar-refractivity contribution in [3.05, 3.63) is 102 Å². The average Bonchev–Trinajstić information content (AvgIpc) is 2.76. The van der Waals surface area contributed by atoms with Gasteiger partial charge in [0.25, 0.3) is 0 Å². The number of rotatable bonds is 9. The van der Waals surface area contributed by atoms with Gasteiger partial charge in [0.1, 0.15) is 0 Å². The van der Waals surface area contributed by atoms with E-state index < -0.39 is 0 Å². The van der Waals surface area contributed by atoms with Crippen molar-refractivity contribution in [2.75, 3.05) is 25.0 Å². The topological polar surface area (TPSA) is 32.3 Å². The molecule has 144 valence electrons. The molecule has 1 amide bonds. The summed E-state index contributed by atoms with van der Waals surface area (Å²) in [6, 6.07) is 30.3. The van der Waals surface area contributed by atoms with Crippen molar-refractivity contribution in [3.63, 3.8) is 0 Å². The smallest absolute Gasteiger partial charge is 0.232 e. The summed E-state index contributed by atoms with van der Waals surface area (Å²) in [5.74, 6) is -0.205. The third-order valence-electron chi connectivity index (χ3n) is 4.94. The predicted molar refractivity (Wildman–Crippen MR) is 117 cm³/mol. The molecule has 0 aromatic heterocycles. The van der Waals surface area contributed by atoms with Gasteiger partial charge in [-0.05, 0) is 36.1 Å². The zero-order valence-electron chi connectivity index (χ0n) is 16.4. The molecule has 0 spiro atoms. The van der Waals surface area contributed by atoms with Crippen LogP contribution < -0.4 is 10.2 Å². The van der Waals surface area contributed by atoms with Crippen LogP contribution in [0.25, 0.3) is 0 Å². The quantitative estimate of drug-likeness (QED) is 0.545. The first kappa shape index (κ1) is 19.7. The van der Waals surface area contributed by atoms with E-state index in [0.29, 0.717) is 6.54 Å². The van der Waals surface area contributed by atoms with Gasteiger partial charge in [0.2, 0.25) is 5.91 Å². The van der Waals surface area contributed by atoms with Crippen LogP contribution in [0, 0.1) is 0 Å². The lowest BCUT2D eigenvalue weighted by Crippen LogP contribution is -2.31. The third kappa shape index (κ3) is 5.46. The van der Waals surface area contributed by atoms with Crippen LogP contribution in [0.15, 0.2) is 91.0 Å². The molecule has 0 radical (unpaired) electrons. The summed E-state index contributed by atoms with van der Waals surface area (Å²) in [6.45, 7) is 1.66. The minimum Gasteiger partial charge on any atom is -0.375 e. The van der Waals surface area contributed by atoms with Crippen LogP contribution in [0.2, 0.25) is 0 Å². The first-order valence-electron chi connectivity index (χ1n) is 9.89. The van der Waals surface area contributed by atoms with E-state index in [9.17, 15) is 4.79 Å². The van der Waals surface area contributed by atoms with Crippen molar-refractivity contribution in [2.45, 2.75) is 18.8 Å². The van der Waals surface area contributed by atoms with E-state index in [0.717, 1.165) is 30.5 Å². The molecule has 0 saturated heterocycles. The van der Waals surface area contributed by atoms with Crippen LogP contribution in [-0.4, -0.2) is 26.0 Å². The molecule has 1 N–H and O–H groups in total. The number of nitrogens with one attached hydrogen (secondary N) is 1. The average molecular weight is 373 g/mol. The normalized spacial score (nSPS) is 10.6. The molecular weight excluding hydrogens is 344 g/mol. The summed E-state index contributed by atoms with van der Waals surface area (Å²) in [5, 5.41) is 3.14. The van der Waals surface area contributed by atoms with Gasteiger partial charge in [-0.15, -0.1) is 0 Å². The molecule has 3 nitrogen and oxygen atoms in total. The van der Waals surface area contributed by atoms with Crippen molar-refractivity contribution >= 4 is 11.6 Å². The van der Waals surface area contributed by atoms with Gasteiger partial charge in [0, 0.05) is 25.8 Å². The number of amides is 1. The second-order valence-corrected chi connectivity index (χ2v) is 7.01. The van der Waals surface area contributed by atoms with Gasteiger partial charge in [-0.1, -0.05) is 78.9 Å². The van der Waals surface area contributed by atoms with E-state index in [1.807, 2.05) is 66.7 Å². The zero-order chi connectivity index (χ0) is 19.6. The van der Waals surface area contributed by atoms with E-state index in [-0.39, 0.29) is 11.8 Å². The number of benzene rings is 3. The lowest BCUT2D eigenvalue weighted by atomic mass is 9.90. The standard InChI is InChI=1S/C25H28N2O/c1-27(23-17-9-4-10-18-23)20-12-11-19-26-25(28)24(21-13-5-2-6-14-21)22-15-7-3-8-16-22/h2-10,13-18,24H,11-12,19-20H2,1H3,(H,26,28). The molecule has 0 aliphatic heterocycles. The summed E-state index contributed by atoms with van der Waals surface area (Å²) in [6.07, 6.45) is 1.99. The van der Waals surface area contributed by atoms with Crippen LogP contribution in [0.4, 0.5) is 5.69 Å². The fourth-order valence-corrected chi connectivity index (χ4v) is 3.39. The maximum Gasteiger partial charge on any atom is 0.232 e. The molecule has 3 aromatic carbocycles. The first-order valence-corrected chi connectivity index (χ1v) is 9.89. The third-order valence-corrected chi connectivity index (χ3v) is 4.94. The van der Waals surface area contributed by atoms with Gasteiger partial charge >= 0.3 is 0 Å². The summed E-state index contributed by atoms with van der Waals surface area (Å²) in [4.78, 5) is 15.2. The Hall–Kier alpha value is -3.07. The van der Waals surface area contributed by atoms with Crippen molar-refractivity contribution in [2.24, 2.45) is 0 Å². The largest absolute Gasteiger partial charge is 0.375 e. The van der Waals surface area contributed by atoms with Crippen molar-refractivity contribution in [1.29, 1.82) is 0 Å². The molecular formula is C25H28N2O. The highest BCUT2D eigenvalue weighted by Crippen LogP contribution is 2.24. The lowest BCUT2D eigenvalue weighted by molar-refractivity contribution is -0.121. The molecule has 0 unspecified atom stereocenters. The summed E-state index contributed by atoms with van der Waals surface area (Å²) >= 11 is 0. The molecule has 0 fully saturated rings. The van der Waals surface area contributed by atoms with Gasteiger partial charge < -0.3 is 10.2 Å². The number of hydrogen-bond donors (Lipinski definition) is 1. The summed E-state index contributed by atoms with van der Waals surface area (Å²) < 4.78 is 0. The molecule has 0 heterocycles. The van der Waals surface area contributed by atoms with Crippen molar-refractivity contribution in [1.82, 2.24) is 5.32 Å². The number of unbranched alkanes of at least 4 members (excludes halogenated alkanes) is 1. The van der Waals surface area contributed by atoms with E-state index in [2.05, 4.69) is 41.5 Å². The van der Waals surface area contributed by atoms with Crippen molar-refractivity contribution in [3.8, 4) is 0 Å². The second-order valence-electron chi connectivity index (χ2n) is 7.01. The van der Waals surface area contributed by atoms with Gasteiger partial charge in [-0.25, -0.2) is 0 Å². The van der Waals surface area contributed by atoms with Crippen LogP contribution in [-0.2, 0) is 4.79 Å². The lowest BCUT2D eigenvalue weighted by Gasteiger charge is -2.20. The Balaban J connectivity index is 1.52. The minimum absolute atomic E-state index is 0.0637. The Morgan fingerprint density at radius 3 is 1.82 bits per heavy atom.